The second-order valence-corrected chi connectivity index (χ2v) is 6.07. The monoisotopic (exact) mass is 342 g/mol. The molecule has 4 aromatic rings. The molecule has 0 radical (unpaired) electrons. The Labute approximate surface area is 151 Å². The van der Waals surface area contributed by atoms with Crippen molar-refractivity contribution in [2.24, 2.45) is 7.05 Å². The maximum absolute atomic E-state index is 13.3. The summed E-state index contributed by atoms with van der Waals surface area (Å²) >= 11 is 0. The summed E-state index contributed by atoms with van der Waals surface area (Å²) in [4.78, 5) is 23.9. The number of nitrogens with zero attached hydrogens (tertiary/aromatic N) is 4. The fourth-order valence-electron chi connectivity index (χ4n) is 2.90. The summed E-state index contributed by atoms with van der Waals surface area (Å²) in [6, 6.07) is 21.1. The van der Waals surface area contributed by atoms with E-state index in [1.807, 2.05) is 78.5 Å². The summed E-state index contributed by atoms with van der Waals surface area (Å²) in [7, 11) is 1.92. The summed E-state index contributed by atoms with van der Waals surface area (Å²) < 4.78 is 1.91. The van der Waals surface area contributed by atoms with Gasteiger partial charge in [-0.3, -0.25) is 9.69 Å². The number of rotatable bonds is 4. The minimum absolute atomic E-state index is 0.148. The number of carbonyl (C=O) groups is 1. The second kappa shape index (κ2) is 6.80. The van der Waals surface area contributed by atoms with Crippen molar-refractivity contribution in [3.05, 3.63) is 90.6 Å². The van der Waals surface area contributed by atoms with Crippen LogP contribution in [0.1, 0.15) is 16.3 Å². The lowest BCUT2D eigenvalue weighted by Crippen LogP contribution is -2.32. The van der Waals surface area contributed by atoms with E-state index in [9.17, 15) is 4.79 Å². The smallest absolute Gasteiger partial charge is 0.277 e. The first-order valence-electron chi connectivity index (χ1n) is 8.41. The molecule has 0 spiro atoms. The Hall–Kier alpha value is -3.47. The minimum Gasteiger partial charge on any atom is -0.337 e. The summed E-state index contributed by atoms with van der Waals surface area (Å²) in [5, 5.41) is 1.01. The van der Waals surface area contributed by atoms with Crippen LogP contribution in [-0.4, -0.2) is 20.4 Å². The molecule has 26 heavy (non-hydrogen) atoms. The Kier molecular flexibility index (Phi) is 4.19. The standard InChI is InChI=1S/C21H18N4O/c1-24-14-13-22-20(24)15-25(17-8-3-2-4-9-17)21(26)19-12-11-16-7-5-6-10-18(16)23-19/h2-14H,15H2,1H3. The summed E-state index contributed by atoms with van der Waals surface area (Å²) in [5.41, 5.74) is 2.04. The number of benzene rings is 2. The van der Waals surface area contributed by atoms with Crippen LogP contribution < -0.4 is 4.90 Å². The number of hydrogen-bond acceptors (Lipinski definition) is 3. The molecule has 0 N–H and O–H groups in total. The Morgan fingerprint density at radius 3 is 2.54 bits per heavy atom. The van der Waals surface area contributed by atoms with E-state index in [1.54, 1.807) is 17.2 Å². The van der Waals surface area contributed by atoms with Gasteiger partial charge in [0.2, 0.25) is 0 Å². The number of pyridine rings is 1. The van der Waals surface area contributed by atoms with Crippen molar-refractivity contribution < 1.29 is 4.79 Å². The predicted octanol–water partition coefficient (Wildman–Crippen LogP) is 3.82. The molecule has 5 heteroatoms. The highest BCUT2D eigenvalue weighted by atomic mass is 16.2. The average Bonchev–Trinajstić information content (AvgIpc) is 3.10. The van der Waals surface area contributed by atoms with Crippen molar-refractivity contribution in [1.82, 2.24) is 14.5 Å². The quantitative estimate of drug-likeness (QED) is 0.566. The molecule has 0 fully saturated rings. The molecule has 5 nitrogen and oxygen atoms in total. The van der Waals surface area contributed by atoms with Crippen molar-refractivity contribution in [1.29, 1.82) is 0 Å². The van der Waals surface area contributed by atoms with E-state index in [2.05, 4.69) is 9.97 Å². The van der Waals surface area contributed by atoms with Crippen LogP contribution in [0.4, 0.5) is 5.69 Å². The fraction of sp³-hybridized carbons (Fsp3) is 0.0952. The number of amides is 1. The normalized spacial score (nSPS) is 10.8. The lowest BCUT2D eigenvalue weighted by Gasteiger charge is -2.22. The topological polar surface area (TPSA) is 51.0 Å². The van der Waals surface area contributed by atoms with Gasteiger partial charge in [-0.1, -0.05) is 42.5 Å². The highest BCUT2D eigenvalue weighted by molar-refractivity contribution is 6.05. The van der Waals surface area contributed by atoms with E-state index in [0.717, 1.165) is 22.4 Å². The van der Waals surface area contributed by atoms with Gasteiger partial charge in [0, 0.05) is 30.5 Å². The molecule has 0 aliphatic carbocycles. The Morgan fingerprint density at radius 2 is 1.77 bits per heavy atom. The molecule has 0 saturated carbocycles. The highest BCUT2D eigenvalue weighted by Crippen LogP contribution is 2.20. The van der Waals surface area contributed by atoms with Gasteiger partial charge in [0.1, 0.15) is 11.5 Å². The van der Waals surface area contributed by atoms with E-state index in [1.165, 1.54) is 0 Å². The zero-order valence-corrected chi connectivity index (χ0v) is 14.4. The second-order valence-electron chi connectivity index (χ2n) is 6.07. The van der Waals surface area contributed by atoms with Crippen molar-refractivity contribution in [3.8, 4) is 0 Å². The number of fused-ring (bicyclic) bond motifs is 1. The van der Waals surface area contributed by atoms with E-state index in [4.69, 9.17) is 0 Å². The molecule has 1 amide bonds. The number of aryl methyl sites for hydroxylation is 1. The maximum atomic E-state index is 13.3. The first kappa shape index (κ1) is 16.0. The van der Waals surface area contributed by atoms with Gasteiger partial charge in [0.05, 0.1) is 12.1 Å². The van der Waals surface area contributed by atoms with Gasteiger partial charge in [-0.25, -0.2) is 9.97 Å². The van der Waals surface area contributed by atoms with Crippen molar-refractivity contribution in [3.63, 3.8) is 0 Å². The third kappa shape index (κ3) is 3.07. The Bertz CT molecular complexity index is 1060. The van der Waals surface area contributed by atoms with Crippen molar-refractivity contribution in [2.75, 3.05) is 4.90 Å². The van der Waals surface area contributed by atoms with Crippen LogP contribution in [0.15, 0.2) is 79.1 Å². The van der Waals surface area contributed by atoms with E-state index in [0.29, 0.717) is 12.2 Å². The third-order valence-corrected chi connectivity index (χ3v) is 4.35. The molecule has 2 aromatic carbocycles. The predicted molar refractivity (Wildman–Crippen MR) is 102 cm³/mol. The van der Waals surface area contributed by atoms with Crippen LogP contribution in [0.5, 0.6) is 0 Å². The van der Waals surface area contributed by atoms with Crippen LogP contribution in [-0.2, 0) is 13.6 Å². The van der Waals surface area contributed by atoms with Gasteiger partial charge in [0.15, 0.2) is 0 Å². The first-order valence-corrected chi connectivity index (χ1v) is 8.41. The number of aromatic nitrogens is 3. The summed E-state index contributed by atoms with van der Waals surface area (Å²) in [5.74, 6) is 0.660. The van der Waals surface area contributed by atoms with Crippen LogP contribution in [0.25, 0.3) is 10.9 Å². The van der Waals surface area contributed by atoms with E-state index >= 15 is 0 Å². The Morgan fingerprint density at radius 1 is 1.00 bits per heavy atom. The van der Waals surface area contributed by atoms with Gasteiger partial charge in [-0.2, -0.15) is 0 Å². The van der Waals surface area contributed by atoms with Crippen LogP contribution in [0.3, 0.4) is 0 Å². The third-order valence-electron chi connectivity index (χ3n) is 4.35. The van der Waals surface area contributed by atoms with Gasteiger partial charge >= 0.3 is 0 Å². The molecule has 0 unspecified atom stereocenters. The van der Waals surface area contributed by atoms with Crippen molar-refractivity contribution in [2.45, 2.75) is 6.54 Å². The lowest BCUT2D eigenvalue weighted by molar-refractivity contribution is 0.0980. The van der Waals surface area contributed by atoms with Crippen molar-refractivity contribution >= 4 is 22.5 Å². The van der Waals surface area contributed by atoms with Crippen LogP contribution in [0, 0.1) is 0 Å². The molecule has 0 saturated heterocycles. The molecule has 0 bridgehead atoms. The number of para-hydroxylation sites is 2. The highest BCUT2D eigenvalue weighted by Gasteiger charge is 2.21. The van der Waals surface area contributed by atoms with Gasteiger partial charge in [0.25, 0.3) is 5.91 Å². The van der Waals surface area contributed by atoms with Crippen LogP contribution >= 0.6 is 0 Å². The van der Waals surface area contributed by atoms with E-state index in [-0.39, 0.29) is 5.91 Å². The molecule has 0 atom stereocenters. The molecule has 2 aromatic heterocycles. The molecular formula is C21H18N4O. The van der Waals surface area contributed by atoms with Gasteiger partial charge in [-0.05, 0) is 24.3 Å². The van der Waals surface area contributed by atoms with Gasteiger partial charge < -0.3 is 4.57 Å². The SMILES string of the molecule is Cn1ccnc1CN(C(=O)c1ccc2ccccc2n1)c1ccccc1. The Balaban J connectivity index is 1.74. The fourth-order valence-corrected chi connectivity index (χ4v) is 2.90. The first-order chi connectivity index (χ1) is 12.7. The maximum Gasteiger partial charge on any atom is 0.277 e. The molecule has 2 heterocycles. The zero-order chi connectivity index (χ0) is 17.9. The van der Waals surface area contributed by atoms with E-state index < -0.39 is 0 Å². The minimum atomic E-state index is -0.148. The number of carbonyl (C=O) groups excluding carboxylic acids is 1. The molecule has 4 rings (SSSR count). The molecule has 0 aliphatic rings. The summed E-state index contributed by atoms with van der Waals surface area (Å²) in [6.07, 6.45) is 3.61. The number of hydrogen-bond donors (Lipinski definition) is 0. The van der Waals surface area contributed by atoms with Gasteiger partial charge in [-0.15, -0.1) is 0 Å². The average molecular weight is 342 g/mol. The largest absolute Gasteiger partial charge is 0.337 e. The zero-order valence-electron chi connectivity index (χ0n) is 14.4. The number of anilines is 1. The molecular weight excluding hydrogens is 324 g/mol. The molecule has 0 aliphatic heterocycles. The summed E-state index contributed by atoms with van der Waals surface area (Å²) in [6.45, 7) is 0.376. The van der Waals surface area contributed by atoms with Crippen LogP contribution in [0.2, 0.25) is 0 Å². The number of imidazole rings is 1. The molecule has 128 valence electrons. The lowest BCUT2D eigenvalue weighted by atomic mass is 10.2.